The molecular weight excluding hydrogens is 467 g/mol. The lowest BCUT2D eigenvalue weighted by Crippen LogP contribution is -2.53. The van der Waals surface area contributed by atoms with Crippen molar-refractivity contribution < 1.29 is 14.3 Å². The van der Waals surface area contributed by atoms with Gasteiger partial charge < -0.3 is 9.64 Å². The van der Waals surface area contributed by atoms with E-state index < -0.39 is 0 Å². The van der Waals surface area contributed by atoms with E-state index in [1.54, 1.807) is 21.9 Å². The summed E-state index contributed by atoms with van der Waals surface area (Å²) in [6.45, 7) is 1.22. The monoisotopic (exact) mass is 484 g/mol. The smallest absolute Gasteiger partial charge is 0.324 e. The van der Waals surface area contributed by atoms with Crippen LogP contribution in [0, 0.1) is 5.92 Å². The molecule has 0 bridgehead atoms. The lowest BCUT2D eigenvalue weighted by molar-refractivity contribution is -0.141. The molecule has 1 unspecified atom stereocenters. The molecule has 1 saturated heterocycles. The van der Waals surface area contributed by atoms with Crippen molar-refractivity contribution in [2.24, 2.45) is 5.92 Å². The lowest BCUT2D eigenvalue weighted by Gasteiger charge is -2.40. The maximum Gasteiger partial charge on any atom is 0.324 e. The number of esters is 1. The van der Waals surface area contributed by atoms with Crippen molar-refractivity contribution in [2.45, 2.75) is 13.0 Å². The molecule has 1 aliphatic heterocycles. The Hall–Kier alpha value is -1.76. The van der Waals surface area contributed by atoms with Crippen LogP contribution in [0.15, 0.2) is 46.9 Å². The molecule has 0 radical (unpaired) electrons. The minimum absolute atomic E-state index is 0.0557. The summed E-state index contributed by atoms with van der Waals surface area (Å²) in [6.07, 6.45) is 0.238. The quantitative estimate of drug-likeness (QED) is 0.534. The number of urea groups is 1. The molecule has 28 heavy (non-hydrogen) atoms. The molecule has 0 N–H and O–H groups in total. The molecule has 0 spiro atoms. The number of carbonyl (C=O) groups excluding carboxylic acids is 2. The number of rotatable bonds is 5. The summed E-state index contributed by atoms with van der Waals surface area (Å²) < 4.78 is 5.75. The van der Waals surface area contributed by atoms with E-state index in [2.05, 4.69) is 15.9 Å². The van der Waals surface area contributed by atoms with E-state index in [9.17, 15) is 9.59 Å². The summed E-state index contributed by atoms with van der Waals surface area (Å²) in [4.78, 5) is 28.4. The van der Waals surface area contributed by atoms with Crippen LogP contribution in [0.1, 0.15) is 12.0 Å². The second-order valence-electron chi connectivity index (χ2n) is 6.63. The van der Waals surface area contributed by atoms with Crippen LogP contribution in [-0.4, -0.2) is 37.1 Å². The van der Waals surface area contributed by atoms with Crippen LogP contribution in [-0.2, 0) is 16.1 Å². The van der Waals surface area contributed by atoms with Gasteiger partial charge in [0.15, 0.2) is 0 Å². The first-order valence-electron chi connectivity index (χ1n) is 8.70. The minimum atomic E-state index is -0.292. The van der Waals surface area contributed by atoms with Crippen molar-refractivity contribution >= 4 is 56.8 Å². The van der Waals surface area contributed by atoms with Gasteiger partial charge in [-0.1, -0.05) is 45.2 Å². The third-order valence-electron chi connectivity index (χ3n) is 4.62. The second kappa shape index (κ2) is 9.16. The van der Waals surface area contributed by atoms with Crippen molar-refractivity contribution in [3.8, 4) is 0 Å². The van der Waals surface area contributed by atoms with Crippen LogP contribution in [0.5, 0.6) is 0 Å². The van der Waals surface area contributed by atoms with E-state index in [1.807, 2.05) is 30.3 Å². The highest BCUT2D eigenvalue weighted by Crippen LogP contribution is 2.29. The van der Waals surface area contributed by atoms with Crippen LogP contribution in [0.2, 0.25) is 10.0 Å². The third kappa shape index (κ3) is 4.99. The normalized spacial score (nSPS) is 17.0. The highest BCUT2D eigenvalue weighted by Gasteiger charge is 2.34. The SMILES string of the molecule is COC(=O)CC1CN(Cc2ccc(Cl)cc2Cl)C(=O)N(c2ccc(Br)cc2)C1. The van der Waals surface area contributed by atoms with Gasteiger partial charge in [0.05, 0.1) is 13.5 Å². The van der Waals surface area contributed by atoms with E-state index >= 15 is 0 Å². The van der Waals surface area contributed by atoms with Gasteiger partial charge in [0, 0.05) is 45.8 Å². The van der Waals surface area contributed by atoms with E-state index in [1.165, 1.54) is 7.11 Å². The zero-order valence-electron chi connectivity index (χ0n) is 15.2. The number of nitrogens with zero attached hydrogens (tertiary/aromatic N) is 2. The number of hydrogen-bond donors (Lipinski definition) is 0. The van der Waals surface area contributed by atoms with Crippen molar-refractivity contribution in [3.63, 3.8) is 0 Å². The van der Waals surface area contributed by atoms with E-state index in [4.69, 9.17) is 27.9 Å². The molecule has 8 heteroatoms. The van der Waals surface area contributed by atoms with Gasteiger partial charge in [-0.05, 0) is 42.0 Å². The van der Waals surface area contributed by atoms with Gasteiger partial charge in [-0.15, -0.1) is 0 Å². The van der Waals surface area contributed by atoms with Crippen LogP contribution >= 0.6 is 39.1 Å². The average Bonchev–Trinajstić information content (AvgIpc) is 2.67. The second-order valence-corrected chi connectivity index (χ2v) is 8.39. The van der Waals surface area contributed by atoms with Crippen molar-refractivity contribution in [2.75, 3.05) is 25.1 Å². The first-order valence-corrected chi connectivity index (χ1v) is 10.2. The Morgan fingerprint density at radius 2 is 1.89 bits per heavy atom. The molecule has 1 fully saturated rings. The molecule has 1 atom stereocenters. The number of amides is 2. The van der Waals surface area contributed by atoms with Gasteiger partial charge in [0.2, 0.25) is 0 Å². The van der Waals surface area contributed by atoms with Gasteiger partial charge in [-0.3, -0.25) is 9.69 Å². The first-order chi connectivity index (χ1) is 13.4. The van der Waals surface area contributed by atoms with Gasteiger partial charge in [-0.25, -0.2) is 4.79 Å². The maximum atomic E-state index is 13.1. The maximum absolute atomic E-state index is 13.1. The Balaban J connectivity index is 1.87. The number of anilines is 1. The molecule has 148 valence electrons. The van der Waals surface area contributed by atoms with Crippen LogP contribution in [0.4, 0.5) is 10.5 Å². The fourth-order valence-corrected chi connectivity index (χ4v) is 3.96. The van der Waals surface area contributed by atoms with Crippen molar-refractivity contribution in [1.29, 1.82) is 0 Å². The van der Waals surface area contributed by atoms with E-state index in [0.717, 1.165) is 15.7 Å². The molecule has 0 saturated carbocycles. The first kappa shape index (κ1) is 21.0. The fraction of sp³-hybridized carbons (Fsp3) is 0.300. The number of methoxy groups -OCH3 is 1. The molecule has 5 nitrogen and oxygen atoms in total. The largest absolute Gasteiger partial charge is 0.469 e. The Morgan fingerprint density at radius 3 is 2.54 bits per heavy atom. The summed E-state index contributed by atoms with van der Waals surface area (Å²) in [6, 6.07) is 12.6. The van der Waals surface area contributed by atoms with Crippen molar-refractivity contribution in [1.82, 2.24) is 4.90 Å². The van der Waals surface area contributed by atoms with Crippen LogP contribution < -0.4 is 4.90 Å². The molecule has 1 heterocycles. The number of hydrogen-bond acceptors (Lipinski definition) is 3. The zero-order chi connectivity index (χ0) is 20.3. The molecule has 2 amide bonds. The van der Waals surface area contributed by atoms with Crippen LogP contribution in [0.25, 0.3) is 0 Å². The van der Waals surface area contributed by atoms with E-state index in [-0.39, 0.29) is 24.3 Å². The molecule has 2 aromatic rings. The Labute approximate surface area is 182 Å². The average molecular weight is 486 g/mol. The molecular formula is C20H19BrCl2N2O3. The molecule has 2 aromatic carbocycles. The summed E-state index contributed by atoms with van der Waals surface area (Å²) in [5.41, 5.74) is 1.57. The molecule has 0 aromatic heterocycles. The zero-order valence-corrected chi connectivity index (χ0v) is 18.3. The van der Waals surface area contributed by atoms with Gasteiger partial charge >= 0.3 is 12.0 Å². The predicted molar refractivity (Wildman–Crippen MR) is 114 cm³/mol. The minimum Gasteiger partial charge on any atom is -0.469 e. The molecule has 0 aliphatic carbocycles. The summed E-state index contributed by atoms with van der Waals surface area (Å²) >= 11 is 15.7. The fourth-order valence-electron chi connectivity index (χ4n) is 3.23. The summed E-state index contributed by atoms with van der Waals surface area (Å²) in [7, 11) is 1.37. The number of ether oxygens (including phenoxy) is 1. The van der Waals surface area contributed by atoms with Gasteiger partial charge in [-0.2, -0.15) is 0 Å². The topological polar surface area (TPSA) is 49.9 Å². The van der Waals surface area contributed by atoms with Gasteiger partial charge in [0.1, 0.15) is 0 Å². The van der Waals surface area contributed by atoms with Crippen molar-refractivity contribution in [3.05, 3.63) is 62.5 Å². The molecule has 1 aliphatic rings. The summed E-state index contributed by atoms with van der Waals surface area (Å²) in [5, 5.41) is 1.05. The number of benzene rings is 2. The standard InChI is InChI=1S/C20H19BrCl2N2O3/c1-28-19(26)8-13-10-24(12-14-2-5-16(22)9-18(14)23)20(27)25(11-13)17-6-3-15(21)4-7-17/h2-7,9,13H,8,10-12H2,1H3. The highest BCUT2D eigenvalue weighted by molar-refractivity contribution is 9.10. The van der Waals surface area contributed by atoms with E-state index in [0.29, 0.717) is 29.7 Å². The van der Waals surface area contributed by atoms with Crippen LogP contribution in [0.3, 0.4) is 0 Å². The number of halogens is 3. The Morgan fingerprint density at radius 1 is 1.18 bits per heavy atom. The Bertz CT molecular complexity index is 876. The molecule has 3 rings (SSSR count). The lowest BCUT2D eigenvalue weighted by atomic mass is 10.0. The third-order valence-corrected chi connectivity index (χ3v) is 5.73. The highest BCUT2D eigenvalue weighted by atomic mass is 79.9. The summed E-state index contributed by atoms with van der Waals surface area (Å²) in [5.74, 6) is -0.348. The van der Waals surface area contributed by atoms with Gasteiger partial charge in [0.25, 0.3) is 0 Å². The number of carbonyl (C=O) groups is 2. The predicted octanol–water partition coefficient (Wildman–Crippen LogP) is 5.38. The Kier molecular flexibility index (Phi) is 6.86.